The molecule has 12 rings (SSSR count). The van der Waals surface area contributed by atoms with Gasteiger partial charge in [-0.25, -0.2) is 0 Å². The van der Waals surface area contributed by atoms with E-state index in [9.17, 15) is 0 Å². The minimum Gasteiger partial charge on any atom is -0.458 e. The molecule has 0 N–H and O–H groups in total. The number of ether oxygens (including phenoxy) is 4. The van der Waals surface area contributed by atoms with Crippen molar-refractivity contribution in [3.8, 4) is 46.0 Å². The van der Waals surface area contributed by atoms with E-state index >= 15 is 0 Å². The van der Waals surface area contributed by atoms with Crippen molar-refractivity contribution in [1.29, 1.82) is 0 Å². The van der Waals surface area contributed by atoms with Crippen molar-refractivity contribution >= 4 is 67.7 Å². The number of fused-ring (bicyclic) bond motifs is 12. The van der Waals surface area contributed by atoms with Gasteiger partial charge in [0.2, 0.25) is 0 Å². The maximum absolute atomic E-state index is 6.38. The molecule has 0 amide bonds. The van der Waals surface area contributed by atoms with E-state index < -0.39 is 0 Å². The fourth-order valence-electron chi connectivity index (χ4n) is 8.31. The number of hydrogen-bond acceptors (Lipinski definition) is 4. The summed E-state index contributed by atoms with van der Waals surface area (Å²) in [5.41, 5.74) is 7.12. The van der Waals surface area contributed by atoms with E-state index in [1.165, 1.54) is 43.4 Å². The Bertz CT molecular complexity index is 2530. The third kappa shape index (κ3) is 4.57. The van der Waals surface area contributed by atoms with E-state index in [0.717, 1.165) is 56.9 Å². The second-order valence-corrected chi connectivity index (χ2v) is 13.1. The number of hydrogen-bond donors (Lipinski definition) is 0. The molecule has 0 saturated heterocycles. The maximum Gasteiger partial charge on any atom is 0.262 e. The van der Waals surface area contributed by atoms with Gasteiger partial charge in [0.25, 0.3) is 13.4 Å². The lowest BCUT2D eigenvalue weighted by Crippen LogP contribution is -2.57. The fourth-order valence-corrected chi connectivity index (χ4v) is 8.31. The molecule has 6 heteroatoms. The van der Waals surface area contributed by atoms with Crippen LogP contribution >= 0.6 is 0 Å². The molecule has 0 spiro atoms. The van der Waals surface area contributed by atoms with E-state index in [1.54, 1.807) is 0 Å². The highest BCUT2D eigenvalue weighted by Crippen LogP contribution is 2.38. The smallest absolute Gasteiger partial charge is 0.262 e. The molecule has 0 aliphatic carbocycles. The molecule has 246 valence electrons. The van der Waals surface area contributed by atoms with Crippen molar-refractivity contribution < 1.29 is 18.9 Å². The van der Waals surface area contributed by atoms with Crippen molar-refractivity contribution in [1.82, 2.24) is 0 Å². The first kappa shape index (κ1) is 30.4. The summed E-state index contributed by atoms with van der Waals surface area (Å²) in [6, 6.07) is 54.2. The normalized spacial score (nSPS) is 13.0. The summed E-state index contributed by atoms with van der Waals surface area (Å²) in [5.74, 6) is 7.28. The topological polar surface area (TPSA) is 36.9 Å². The van der Waals surface area contributed by atoms with Crippen molar-refractivity contribution in [2.45, 2.75) is 13.8 Å². The Labute approximate surface area is 303 Å². The van der Waals surface area contributed by atoms with Gasteiger partial charge in [-0.3, -0.25) is 0 Å². The van der Waals surface area contributed by atoms with E-state index in [2.05, 4.69) is 97.1 Å². The highest BCUT2D eigenvalue weighted by atomic mass is 16.5. The zero-order chi connectivity index (χ0) is 34.8. The summed E-state index contributed by atoms with van der Waals surface area (Å²) >= 11 is 0. The third-order valence-corrected chi connectivity index (χ3v) is 10.4. The van der Waals surface area contributed by atoms with Gasteiger partial charge in [0.15, 0.2) is 0 Å². The van der Waals surface area contributed by atoms with Crippen LogP contribution in [0.25, 0.3) is 21.5 Å². The zero-order valence-corrected chi connectivity index (χ0v) is 28.8. The van der Waals surface area contributed by atoms with Gasteiger partial charge in [-0.05, 0) is 91.9 Å². The van der Waals surface area contributed by atoms with E-state index in [1.807, 2.05) is 74.5 Å². The first-order valence-electron chi connectivity index (χ1n) is 18.0. The SMILES string of the molecule is CC.c1cc2c3c(c1)Oc1ccc4ccccc4c1B3c1c(ccc3ccccc13)O2.c1ccc2c(c1)Oc1cccc3c1B2c1ccccc1O3. The minimum absolute atomic E-state index is 0.0749. The van der Waals surface area contributed by atoms with E-state index in [0.29, 0.717) is 0 Å². The molecule has 4 aliphatic rings. The number of rotatable bonds is 0. The van der Waals surface area contributed by atoms with E-state index in [4.69, 9.17) is 18.9 Å². The molecule has 8 aromatic carbocycles. The van der Waals surface area contributed by atoms with Gasteiger partial charge in [-0.2, -0.15) is 0 Å². The second-order valence-electron chi connectivity index (χ2n) is 13.1. The molecule has 4 nitrogen and oxygen atoms in total. The Kier molecular flexibility index (Phi) is 7.10. The van der Waals surface area contributed by atoms with Crippen LogP contribution in [0.15, 0.2) is 158 Å². The Morgan fingerprint density at radius 1 is 0.288 bits per heavy atom. The van der Waals surface area contributed by atoms with Gasteiger partial charge >= 0.3 is 0 Å². The van der Waals surface area contributed by atoms with Crippen LogP contribution in [0.2, 0.25) is 0 Å². The van der Waals surface area contributed by atoms with Crippen molar-refractivity contribution in [2.24, 2.45) is 0 Å². The Balaban J connectivity index is 0.000000130. The van der Waals surface area contributed by atoms with Crippen molar-refractivity contribution in [2.75, 3.05) is 0 Å². The molecule has 0 bridgehead atoms. The van der Waals surface area contributed by atoms with Crippen molar-refractivity contribution in [3.63, 3.8) is 0 Å². The summed E-state index contributed by atoms with van der Waals surface area (Å²) in [5, 5.41) is 4.92. The highest BCUT2D eigenvalue weighted by molar-refractivity contribution is 7.01. The van der Waals surface area contributed by atoms with Gasteiger partial charge in [-0.1, -0.05) is 123 Å². The first-order chi connectivity index (χ1) is 25.8. The lowest BCUT2D eigenvalue weighted by Gasteiger charge is -2.34. The van der Waals surface area contributed by atoms with Crippen molar-refractivity contribution in [3.05, 3.63) is 158 Å². The maximum atomic E-state index is 6.38. The van der Waals surface area contributed by atoms with Crippen LogP contribution < -0.4 is 51.7 Å². The summed E-state index contributed by atoms with van der Waals surface area (Å²) in [6.45, 7) is 4.26. The lowest BCUT2D eigenvalue weighted by atomic mass is 9.34. The quantitative estimate of drug-likeness (QED) is 0.153. The molecule has 4 heterocycles. The second kappa shape index (κ2) is 12.1. The Morgan fingerprint density at radius 2 is 0.635 bits per heavy atom. The third-order valence-electron chi connectivity index (χ3n) is 10.4. The van der Waals surface area contributed by atoms with Gasteiger partial charge < -0.3 is 18.9 Å². The predicted octanol–water partition coefficient (Wildman–Crippen LogP) is 8.16. The summed E-state index contributed by atoms with van der Waals surface area (Å²) in [7, 11) is 0. The number of benzene rings is 8. The van der Waals surface area contributed by atoms with Crippen LogP contribution in [0.4, 0.5) is 0 Å². The summed E-state index contributed by atoms with van der Waals surface area (Å²) < 4.78 is 24.9. The van der Waals surface area contributed by atoms with Gasteiger partial charge in [0, 0.05) is 10.9 Å². The molecule has 8 aromatic rings. The Hall–Kier alpha value is -6.39. The van der Waals surface area contributed by atoms with Crippen LogP contribution in [0.5, 0.6) is 46.0 Å². The Morgan fingerprint density at radius 3 is 1.12 bits per heavy atom. The van der Waals surface area contributed by atoms with Crippen LogP contribution in [-0.4, -0.2) is 13.4 Å². The lowest BCUT2D eigenvalue weighted by molar-refractivity contribution is 0.464. The molecule has 52 heavy (non-hydrogen) atoms. The average molecular weight is 670 g/mol. The molecule has 0 radical (unpaired) electrons. The fraction of sp³-hybridized carbons (Fsp3) is 0.0435. The zero-order valence-electron chi connectivity index (χ0n) is 28.8. The minimum atomic E-state index is 0.0749. The number of para-hydroxylation sites is 2. The van der Waals surface area contributed by atoms with Crippen LogP contribution in [0.1, 0.15) is 13.8 Å². The molecule has 0 unspecified atom stereocenters. The molecular weight excluding hydrogens is 638 g/mol. The molecule has 0 aromatic heterocycles. The molecule has 0 saturated carbocycles. The van der Waals surface area contributed by atoms with Crippen LogP contribution in [0, 0.1) is 0 Å². The predicted molar refractivity (Wildman–Crippen MR) is 215 cm³/mol. The monoisotopic (exact) mass is 670 g/mol. The largest absolute Gasteiger partial charge is 0.458 e. The highest BCUT2D eigenvalue weighted by Gasteiger charge is 2.42. The summed E-state index contributed by atoms with van der Waals surface area (Å²) in [4.78, 5) is 0. The van der Waals surface area contributed by atoms with Crippen LogP contribution in [0.3, 0.4) is 0 Å². The van der Waals surface area contributed by atoms with Crippen LogP contribution in [-0.2, 0) is 0 Å². The average Bonchev–Trinajstić information content (AvgIpc) is 3.21. The first-order valence-corrected chi connectivity index (χ1v) is 18.0. The van der Waals surface area contributed by atoms with Gasteiger partial charge in [0.05, 0.1) is 0 Å². The van der Waals surface area contributed by atoms with E-state index in [-0.39, 0.29) is 13.4 Å². The van der Waals surface area contributed by atoms with Gasteiger partial charge in [0.1, 0.15) is 46.0 Å². The standard InChI is InChI=1S/C26H15BO2.C18H11BO2.C2H6/c1-3-8-18-16(6-1)12-14-22-24(18)27-25-19-9-4-2-7-17(19)13-15-23(25)29-21-11-5-10-20(28-22)26(21)27;1-3-8-14-12(6-1)19-13-7-2-4-9-15(13)21-17-11-5-10-16(20-14)18(17)19;1-2/h1-15H;1-11H;1-2H3. The molecule has 0 atom stereocenters. The molecular formula is C46H32B2O4. The van der Waals surface area contributed by atoms with Gasteiger partial charge in [-0.15, -0.1) is 0 Å². The summed E-state index contributed by atoms with van der Waals surface area (Å²) in [6.07, 6.45) is 0. The molecule has 4 aliphatic heterocycles. The molecule has 0 fully saturated rings.